The van der Waals surface area contributed by atoms with Gasteiger partial charge in [0.25, 0.3) is 0 Å². The van der Waals surface area contributed by atoms with Crippen molar-refractivity contribution in [2.24, 2.45) is 0 Å². The number of benzene rings is 2. The number of nitrogens with one attached hydrogen (secondary N) is 8. The summed E-state index contributed by atoms with van der Waals surface area (Å²) in [5.41, 5.74) is 2.86. The van der Waals surface area contributed by atoms with E-state index in [4.69, 9.17) is 30.5 Å². The van der Waals surface area contributed by atoms with E-state index in [9.17, 15) is 24.0 Å². The molecule has 4 aromatic rings. The zero-order valence-electron chi connectivity index (χ0n) is 45.1. The van der Waals surface area contributed by atoms with Gasteiger partial charge < -0.3 is 66.4 Å². The molecule has 0 aliphatic carbocycles. The summed E-state index contributed by atoms with van der Waals surface area (Å²) in [7, 11) is 1.98. The molecule has 0 spiro atoms. The van der Waals surface area contributed by atoms with Crippen LogP contribution >= 0.6 is 23.4 Å². The number of carbonyl (C=O) groups excluding carboxylic acids is 5. The molecule has 6 amide bonds. The van der Waals surface area contributed by atoms with Crippen LogP contribution < -0.4 is 47.3 Å². The van der Waals surface area contributed by atoms with Gasteiger partial charge in [-0.25, -0.2) is 14.8 Å². The number of hydrogen-bond donors (Lipinski definition) is 8. The van der Waals surface area contributed by atoms with Gasteiger partial charge in [-0.2, -0.15) is 11.8 Å². The number of pyridine rings is 1. The maximum Gasteiger partial charge on any atom is 0.315 e. The van der Waals surface area contributed by atoms with Crippen molar-refractivity contribution in [1.29, 1.82) is 0 Å². The Morgan fingerprint density at radius 1 is 0.709 bits per heavy atom. The first kappa shape index (κ1) is 61.6. The van der Waals surface area contributed by atoms with Crippen LogP contribution in [-0.2, 0) is 40.0 Å². The molecular formula is C56H77ClN12O9S. The number of unbranched alkanes of at least 4 members (excludes halogenated alkanes) is 2. The fourth-order valence-electron chi connectivity index (χ4n) is 8.44. The minimum atomic E-state index is -0.252. The number of urea groups is 1. The topological polar surface area (TPSA) is 260 Å². The molecule has 2 aromatic heterocycles. The number of likely N-dealkylation sites (N-methyl/N-ethyl adjacent to an activating group) is 1. The van der Waals surface area contributed by atoms with E-state index >= 15 is 0 Å². The van der Waals surface area contributed by atoms with Crippen LogP contribution in [0.5, 0.6) is 5.75 Å². The van der Waals surface area contributed by atoms with Crippen LogP contribution in [0.1, 0.15) is 76.3 Å². The van der Waals surface area contributed by atoms with E-state index in [1.54, 1.807) is 30.5 Å². The summed E-state index contributed by atoms with van der Waals surface area (Å²) in [6.45, 7) is 6.19. The minimum absolute atomic E-state index is 0.0614. The predicted molar refractivity (Wildman–Crippen MR) is 308 cm³/mol. The highest BCUT2D eigenvalue weighted by Crippen LogP contribution is 2.33. The number of thioether (sulfide) groups is 1. The van der Waals surface area contributed by atoms with E-state index in [1.807, 2.05) is 67.4 Å². The van der Waals surface area contributed by atoms with E-state index in [1.165, 1.54) is 12.4 Å². The van der Waals surface area contributed by atoms with Crippen LogP contribution in [0.25, 0.3) is 0 Å². The van der Waals surface area contributed by atoms with Crippen molar-refractivity contribution in [2.45, 2.75) is 94.6 Å². The number of carbonyl (C=O) groups is 5. The maximum absolute atomic E-state index is 12.7. The molecule has 0 unspecified atom stereocenters. The molecule has 4 heterocycles. The number of anilines is 5. The third kappa shape index (κ3) is 25.0. The molecule has 428 valence electrons. The lowest BCUT2D eigenvalue weighted by Gasteiger charge is -2.16. The summed E-state index contributed by atoms with van der Waals surface area (Å²) in [6.07, 6.45) is 13.9. The lowest BCUT2D eigenvalue weighted by Crippen LogP contribution is -2.36. The lowest BCUT2D eigenvalue weighted by molar-refractivity contribution is -0.123. The molecule has 23 heteroatoms. The van der Waals surface area contributed by atoms with Crippen LogP contribution in [0.15, 0.2) is 91.4 Å². The Morgan fingerprint density at radius 3 is 2.05 bits per heavy atom. The predicted octanol–water partition coefficient (Wildman–Crippen LogP) is 6.87. The van der Waals surface area contributed by atoms with Crippen LogP contribution in [0.3, 0.4) is 0 Å². The van der Waals surface area contributed by atoms with Crippen molar-refractivity contribution in [1.82, 2.24) is 46.4 Å². The Labute approximate surface area is 472 Å². The van der Waals surface area contributed by atoms with Crippen LogP contribution in [-0.4, -0.2) is 152 Å². The van der Waals surface area contributed by atoms with Crippen molar-refractivity contribution in [3.8, 4) is 5.75 Å². The highest BCUT2D eigenvalue weighted by molar-refractivity contribution is 8.00. The molecule has 2 saturated heterocycles. The zero-order chi connectivity index (χ0) is 55.7. The number of halogens is 1. The Balaban J connectivity index is 0.681. The fourth-order valence-corrected chi connectivity index (χ4v) is 10.2. The van der Waals surface area contributed by atoms with Gasteiger partial charge in [0.05, 0.1) is 49.2 Å². The molecule has 79 heavy (non-hydrogen) atoms. The van der Waals surface area contributed by atoms with Gasteiger partial charge in [0.1, 0.15) is 30.3 Å². The normalized spacial score (nSPS) is 15.5. The standard InChI is InChI=1S/C56H77ClN12O9S/c1-69(28-10-20-54(73)66-42-15-8-14-41(35-42)64-49-37-50(63-40-62-49)65-43-21-22-47(45(57)36-43)78-38-44-13-4-5-23-58-44)27-7-6-24-59-52(71)18-9-19-53(72)61-26-12-30-76-32-34-77-33-31-75-29-11-25-60-51(70)17-3-2-16-48-55-46(39-79-48)67-56(74)68-55/h4-5,8,10,13-15,20-23,35-37,40,46,48,55H,2-3,6-7,9,11-12,16-19,24-34,38-39H2,1H3,(H,59,71)(H,60,70)(H,61,72)(H,66,73)(H2,67,68,74)(H2,62,63,64,65)/b20-10+/t46-,48-,55-/m0/s1. The average molecular weight is 1130 g/mol. The first-order chi connectivity index (χ1) is 38.6. The molecule has 0 saturated carbocycles. The number of rotatable bonds is 39. The molecule has 2 fully saturated rings. The second-order valence-electron chi connectivity index (χ2n) is 19.1. The molecule has 2 aliphatic heterocycles. The fraction of sp³-hybridized carbons (Fsp3) is 0.500. The number of aromatic nitrogens is 3. The van der Waals surface area contributed by atoms with Gasteiger partial charge in [0.15, 0.2) is 0 Å². The highest BCUT2D eigenvalue weighted by Gasteiger charge is 2.42. The number of hydrogen-bond acceptors (Lipinski definition) is 16. The average Bonchev–Trinajstić information content (AvgIpc) is 4.05. The molecular weight excluding hydrogens is 1050 g/mol. The third-order valence-electron chi connectivity index (χ3n) is 12.6. The molecule has 2 aromatic carbocycles. The summed E-state index contributed by atoms with van der Waals surface area (Å²) in [4.78, 5) is 76.0. The molecule has 2 aliphatic rings. The molecule has 6 rings (SSSR count). The van der Waals surface area contributed by atoms with Gasteiger partial charge in [0.2, 0.25) is 23.6 Å². The molecule has 0 bridgehead atoms. The van der Waals surface area contributed by atoms with Gasteiger partial charge in [-0.1, -0.05) is 36.2 Å². The smallest absolute Gasteiger partial charge is 0.315 e. The Hall–Kier alpha value is -6.56. The van der Waals surface area contributed by atoms with Gasteiger partial charge in [-0.05, 0) is 107 Å². The second-order valence-corrected chi connectivity index (χ2v) is 20.7. The van der Waals surface area contributed by atoms with Crippen molar-refractivity contribution in [3.63, 3.8) is 0 Å². The SMILES string of the molecule is CN(C/C=C/C(=O)Nc1cccc(Nc2cc(Nc3ccc(OCc4ccccn4)c(Cl)c3)ncn2)c1)CCCCNC(=O)CCCC(=O)NCCCOCCOCCOCCCNC(=O)CCCC[C@@H]1SC[C@@H]2NC(=O)N[C@@H]21. The third-order valence-corrected chi connectivity index (χ3v) is 14.4. The van der Waals surface area contributed by atoms with E-state index in [0.29, 0.717) is 125 Å². The van der Waals surface area contributed by atoms with Gasteiger partial charge in [-0.15, -0.1) is 0 Å². The number of fused-ring (bicyclic) bond motifs is 1. The van der Waals surface area contributed by atoms with Crippen LogP contribution in [0, 0.1) is 0 Å². The van der Waals surface area contributed by atoms with Crippen molar-refractivity contribution < 1.29 is 42.9 Å². The summed E-state index contributed by atoms with van der Waals surface area (Å²) in [6, 6.07) is 20.5. The first-order valence-electron chi connectivity index (χ1n) is 27.2. The highest BCUT2D eigenvalue weighted by atomic mass is 35.5. The molecule has 21 nitrogen and oxygen atoms in total. The van der Waals surface area contributed by atoms with Crippen molar-refractivity contribution in [3.05, 3.63) is 102 Å². The number of amides is 6. The second kappa shape index (κ2) is 35.8. The van der Waals surface area contributed by atoms with Gasteiger partial charge in [0, 0.05) is 105 Å². The van der Waals surface area contributed by atoms with Crippen molar-refractivity contribution in [2.75, 3.05) is 101 Å². The number of nitrogens with zero attached hydrogens (tertiary/aromatic N) is 4. The molecule has 3 atom stereocenters. The van der Waals surface area contributed by atoms with Crippen LogP contribution in [0.2, 0.25) is 5.02 Å². The largest absolute Gasteiger partial charge is 0.486 e. The monoisotopic (exact) mass is 1130 g/mol. The maximum atomic E-state index is 12.7. The lowest BCUT2D eigenvalue weighted by atomic mass is 10.0. The zero-order valence-corrected chi connectivity index (χ0v) is 46.7. The van der Waals surface area contributed by atoms with E-state index in [-0.39, 0.29) is 54.6 Å². The van der Waals surface area contributed by atoms with Gasteiger partial charge >= 0.3 is 6.03 Å². The summed E-state index contributed by atoms with van der Waals surface area (Å²) in [5, 5.41) is 25.0. The first-order valence-corrected chi connectivity index (χ1v) is 28.7. The number of ether oxygens (including phenoxy) is 4. The van der Waals surface area contributed by atoms with E-state index in [2.05, 4.69) is 62.4 Å². The summed E-state index contributed by atoms with van der Waals surface area (Å²) in [5.74, 6) is 2.24. The quantitative estimate of drug-likeness (QED) is 0.0129. The van der Waals surface area contributed by atoms with E-state index < -0.39 is 0 Å². The Kier molecular flexibility index (Phi) is 28.0. The van der Waals surface area contributed by atoms with Crippen molar-refractivity contribution >= 4 is 81.7 Å². The molecule has 8 N–H and O–H groups in total. The Bertz CT molecular complexity index is 2540. The van der Waals surface area contributed by atoms with Gasteiger partial charge in [-0.3, -0.25) is 24.2 Å². The molecule has 0 radical (unpaired) electrons. The van der Waals surface area contributed by atoms with Crippen LogP contribution in [0.4, 0.5) is 33.5 Å². The Morgan fingerprint density at radius 2 is 1.37 bits per heavy atom. The minimum Gasteiger partial charge on any atom is -0.486 e. The summed E-state index contributed by atoms with van der Waals surface area (Å²) >= 11 is 8.39. The summed E-state index contributed by atoms with van der Waals surface area (Å²) < 4.78 is 22.6. The van der Waals surface area contributed by atoms with E-state index in [0.717, 1.165) is 67.9 Å².